The molecule has 3 rings (SSSR count). The molecule has 6 nitrogen and oxygen atoms in total. The molecule has 1 aliphatic heterocycles. The highest BCUT2D eigenvalue weighted by Gasteiger charge is 2.34. The number of carbonyl (C=O) groups is 1. The van der Waals surface area contributed by atoms with Crippen LogP contribution in [0.5, 0.6) is 0 Å². The van der Waals surface area contributed by atoms with Gasteiger partial charge in [0.1, 0.15) is 6.61 Å². The van der Waals surface area contributed by atoms with Crippen LogP contribution < -0.4 is 10.2 Å². The van der Waals surface area contributed by atoms with Gasteiger partial charge in [0, 0.05) is 0 Å². The molecule has 23 heavy (non-hydrogen) atoms. The Morgan fingerprint density at radius 2 is 2.13 bits per heavy atom. The monoisotopic (exact) mass is 316 g/mol. The highest BCUT2D eigenvalue weighted by Crippen LogP contribution is 2.25. The number of ether oxygens (including phenoxy) is 1. The maximum atomic E-state index is 14.0. The van der Waals surface area contributed by atoms with Gasteiger partial charge in [0.25, 0.3) is 0 Å². The number of rotatable bonds is 4. The molecule has 1 N–H and O–H groups in total. The van der Waals surface area contributed by atoms with Gasteiger partial charge in [-0.2, -0.15) is 4.98 Å². The molecule has 0 saturated carbocycles. The molecule has 0 bridgehead atoms. The van der Waals surface area contributed by atoms with Crippen molar-refractivity contribution in [1.29, 1.82) is 0 Å². The van der Waals surface area contributed by atoms with E-state index < -0.39 is 11.9 Å². The van der Waals surface area contributed by atoms with E-state index in [0.29, 0.717) is 0 Å². The van der Waals surface area contributed by atoms with Crippen LogP contribution in [0, 0.1) is 5.82 Å². The summed E-state index contributed by atoms with van der Waals surface area (Å²) in [7, 11) is 0. The van der Waals surface area contributed by atoms with Gasteiger partial charge in [-0.15, -0.1) is 0 Å². The lowest BCUT2D eigenvalue weighted by Gasteiger charge is -2.19. The molecule has 0 radical (unpaired) electrons. The van der Waals surface area contributed by atoms with E-state index in [1.165, 1.54) is 4.90 Å². The maximum absolute atomic E-state index is 14.0. The smallest absolute Gasteiger partial charge is 0.416 e. The summed E-state index contributed by atoms with van der Waals surface area (Å²) in [6.45, 7) is 3.94. The van der Waals surface area contributed by atoms with Crippen LogP contribution in [0.25, 0.3) is 0 Å². The third-order valence-corrected chi connectivity index (χ3v) is 3.68. The van der Waals surface area contributed by atoms with Crippen molar-refractivity contribution in [2.45, 2.75) is 25.9 Å². The van der Waals surface area contributed by atoms with Crippen molar-refractivity contribution in [3.63, 3.8) is 0 Å². The van der Waals surface area contributed by atoms with E-state index in [4.69, 9.17) is 4.74 Å². The molecule has 1 aliphatic rings. The molecule has 2 heterocycles. The summed E-state index contributed by atoms with van der Waals surface area (Å²) in [5.41, 5.74) is 1.05. The Morgan fingerprint density at radius 3 is 2.78 bits per heavy atom. The first-order valence-electron chi connectivity index (χ1n) is 7.36. The number of halogens is 1. The van der Waals surface area contributed by atoms with Crippen molar-refractivity contribution in [3.8, 4) is 0 Å². The van der Waals surface area contributed by atoms with Gasteiger partial charge in [0.05, 0.1) is 18.3 Å². The molecule has 1 aromatic heterocycles. The van der Waals surface area contributed by atoms with Gasteiger partial charge in [-0.05, 0) is 19.4 Å². The number of nitrogens with one attached hydrogen (secondary N) is 1. The largest absolute Gasteiger partial charge is 0.447 e. The molecule has 1 fully saturated rings. The topological polar surface area (TPSA) is 67.4 Å². The SMILES string of the molecule is CC(Nc1ncc(F)c(N2C(=O)OCC2C)n1)c1ccccc1. The van der Waals surface area contributed by atoms with Gasteiger partial charge in [-0.25, -0.2) is 14.2 Å². The molecule has 0 spiro atoms. The average Bonchev–Trinajstić information content (AvgIpc) is 2.89. The summed E-state index contributed by atoms with van der Waals surface area (Å²) >= 11 is 0. The predicted octanol–water partition coefficient (Wildman–Crippen LogP) is 3.13. The molecule has 1 amide bonds. The summed E-state index contributed by atoms with van der Waals surface area (Å²) in [6, 6.07) is 9.43. The lowest BCUT2D eigenvalue weighted by atomic mass is 10.1. The van der Waals surface area contributed by atoms with Crippen molar-refractivity contribution in [3.05, 3.63) is 47.9 Å². The van der Waals surface area contributed by atoms with Crippen LogP contribution in [-0.4, -0.2) is 28.7 Å². The second kappa shape index (κ2) is 6.20. The standard InChI is InChI=1S/C16H17FN4O2/c1-10-9-23-16(22)21(10)14-13(17)8-18-15(20-14)19-11(2)12-6-4-3-5-7-12/h3-8,10-11H,9H2,1-2H3,(H,18,19,20). The summed E-state index contributed by atoms with van der Waals surface area (Å²) in [5.74, 6) is -0.476. The average molecular weight is 316 g/mol. The Morgan fingerprint density at radius 1 is 1.39 bits per heavy atom. The molecular weight excluding hydrogens is 299 g/mol. The number of nitrogens with zero attached hydrogens (tertiary/aromatic N) is 3. The Kier molecular flexibility index (Phi) is 4.10. The Balaban J connectivity index is 1.84. The first-order valence-corrected chi connectivity index (χ1v) is 7.36. The van der Waals surface area contributed by atoms with E-state index in [1.54, 1.807) is 6.92 Å². The molecule has 2 aromatic rings. The Bertz CT molecular complexity index is 710. The number of cyclic esters (lactones) is 1. The molecular formula is C16H17FN4O2. The molecule has 120 valence electrons. The van der Waals surface area contributed by atoms with Gasteiger partial charge >= 0.3 is 6.09 Å². The van der Waals surface area contributed by atoms with Crippen LogP contribution in [0.4, 0.5) is 21.0 Å². The van der Waals surface area contributed by atoms with Crippen molar-refractivity contribution in [1.82, 2.24) is 9.97 Å². The van der Waals surface area contributed by atoms with Crippen molar-refractivity contribution in [2.75, 3.05) is 16.8 Å². The van der Waals surface area contributed by atoms with Crippen LogP contribution in [0.15, 0.2) is 36.5 Å². The van der Waals surface area contributed by atoms with Gasteiger partial charge in [-0.1, -0.05) is 30.3 Å². The van der Waals surface area contributed by atoms with Crippen LogP contribution in [0.1, 0.15) is 25.5 Å². The second-order valence-electron chi connectivity index (χ2n) is 5.44. The quantitative estimate of drug-likeness (QED) is 0.938. The third kappa shape index (κ3) is 3.08. The fourth-order valence-electron chi connectivity index (χ4n) is 2.43. The van der Waals surface area contributed by atoms with Crippen LogP contribution in [-0.2, 0) is 4.74 Å². The van der Waals surface area contributed by atoms with Crippen LogP contribution >= 0.6 is 0 Å². The van der Waals surface area contributed by atoms with E-state index in [0.717, 1.165) is 11.8 Å². The lowest BCUT2D eigenvalue weighted by Crippen LogP contribution is -2.33. The summed E-state index contributed by atoms with van der Waals surface area (Å²) in [5, 5.41) is 3.11. The molecule has 1 saturated heterocycles. The van der Waals surface area contributed by atoms with Crippen molar-refractivity contribution >= 4 is 17.9 Å². The zero-order valence-electron chi connectivity index (χ0n) is 12.9. The third-order valence-electron chi connectivity index (χ3n) is 3.68. The normalized spacial score (nSPS) is 18.7. The van der Waals surface area contributed by atoms with E-state index >= 15 is 0 Å². The Hall–Kier alpha value is -2.70. The zero-order valence-corrected chi connectivity index (χ0v) is 12.9. The van der Waals surface area contributed by atoms with E-state index in [2.05, 4.69) is 15.3 Å². The van der Waals surface area contributed by atoms with E-state index in [-0.39, 0.29) is 30.5 Å². The molecule has 1 aromatic carbocycles. The van der Waals surface area contributed by atoms with Crippen molar-refractivity contribution in [2.24, 2.45) is 0 Å². The van der Waals surface area contributed by atoms with Crippen LogP contribution in [0.2, 0.25) is 0 Å². The number of carbonyl (C=O) groups excluding carboxylic acids is 1. The maximum Gasteiger partial charge on any atom is 0.416 e. The van der Waals surface area contributed by atoms with Gasteiger partial charge in [0.2, 0.25) is 5.95 Å². The number of hydrogen-bond acceptors (Lipinski definition) is 5. The second-order valence-corrected chi connectivity index (χ2v) is 5.44. The Labute approximate surface area is 133 Å². The molecule has 2 unspecified atom stereocenters. The minimum atomic E-state index is -0.659. The number of aromatic nitrogens is 2. The van der Waals surface area contributed by atoms with E-state index in [1.807, 2.05) is 37.3 Å². The number of amides is 1. The molecule has 0 aliphatic carbocycles. The number of anilines is 2. The van der Waals surface area contributed by atoms with Crippen LogP contribution in [0.3, 0.4) is 0 Å². The summed E-state index contributed by atoms with van der Waals surface area (Å²) in [4.78, 5) is 21.1. The minimum absolute atomic E-state index is 0.0579. The lowest BCUT2D eigenvalue weighted by molar-refractivity contribution is 0.179. The number of benzene rings is 1. The highest BCUT2D eigenvalue weighted by molar-refractivity contribution is 5.89. The highest BCUT2D eigenvalue weighted by atomic mass is 19.1. The first kappa shape index (κ1) is 15.2. The minimum Gasteiger partial charge on any atom is -0.447 e. The zero-order chi connectivity index (χ0) is 16.4. The summed E-state index contributed by atoms with van der Waals surface area (Å²) < 4.78 is 18.9. The molecule has 7 heteroatoms. The van der Waals surface area contributed by atoms with Gasteiger partial charge < -0.3 is 10.1 Å². The van der Waals surface area contributed by atoms with Crippen molar-refractivity contribution < 1.29 is 13.9 Å². The summed E-state index contributed by atoms with van der Waals surface area (Å²) in [6.07, 6.45) is 0.456. The molecule has 2 atom stereocenters. The van der Waals surface area contributed by atoms with E-state index in [9.17, 15) is 9.18 Å². The van der Waals surface area contributed by atoms with Gasteiger partial charge in [0.15, 0.2) is 11.6 Å². The fourth-order valence-corrected chi connectivity index (χ4v) is 2.43. The number of hydrogen-bond donors (Lipinski definition) is 1. The van der Waals surface area contributed by atoms with Gasteiger partial charge in [-0.3, -0.25) is 4.90 Å². The first-order chi connectivity index (χ1) is 11.1. The predicted molar refractivity (Wildman–Crippen MR) is 83.8 cm³/mol. The fraction of sp³-hybridized carbons (Fsp3) is 0.312.